The normalized spacial score (nSPS) is 12.7. The summed E-state index contributed by atoms with van der Waals surface area (Å²) in [6, 6.07) is 1.15. The summed E-state index contributed by atoms with van der Waals surface area (Å²) in [6.45, 7) is 3.89. The van der Waals surface area contributed by atoms with Gasteiger partial charge in [-0.15, -0.1) is 6.58 Å². The largest absolute Gasteiger partial charge is 0.424 e. The molecule has 0 saturated carbocycles. The van der Waals surface area contributed by atoms with E-state index in [0.29, 0.717) is 0 Å². The first-order valence-corrected chi connectivity index (χ1v) is 5.96. The Hall–Kier alpha value is -2.26. The molecule has 0 radical (unpaired) electrons. The molecule has 1 aromatic rings. The van der Waals surface area contributed by atoms with Crippen LogP contribution in [0.4, 0.5) is 41.2 Å². The molecule has 0 bridgehead atoms. The quantitative estimate of drug-likeness (QED) is 0.623. The van der Waals surface area contributed by atoms with E-state index in [4.69, 9.17) is 0 Å². The van der Waals surface area contributed by atoms with Gasteiger partial charge in [-0.2, -0.15) is 26.3 Å². The standard InChI is InChI=1S/C13H11F7N2O/c1-3-11(12(15,16)17,13(18,19)20)22-10(23)21-9-6-8(14)5-4-7(9)2/h3-6H,1H2,2H3,(H2,21,22,23). The lowest BCUT2D eigenvalue weighted by molar-refractivity contribution is -0.286. The first-order valence-electron chi connectivity index (χ1n) is 5.96. The smallest absolute Gasteiger partial charge is 0.313 e. The third kappa shape index (κ3) is 3.74. The Morgan fingerprint density at radius 1 is 1.13 bits per heavy atom. The van der Waals surface area contributed by atoms with E-state index in [1.54, 1.807) is 5.32 Å². The van der Waals surface area contributed by atoms with Crippen molar-refractivity contribution in [1.82, 2.24) is 5.32 Å². The highest BCUT2D eigenvalue weighted by atomic mass is 19.4. The number of halogens is 7. The van der Waals surface area contributed by atoms with Gasteiger partial charge in [0, 0.05) is 5.69 Å². The van der Waals surface area contributed by atoms with Gasteiger partial charge < -0.3 is 10.6 Å². The summed E-state index contributed by atoms with van der Waals surface area (Å²) in [6.07, 6.45) is -12.2. The first kappa shape index (κ1) is 18.8. The second-order valence-electron chi connectivity index (χ2n) is 4.55. The Balaban J connectivity index is 3.12. The average molecular weight is 344 g/mol. The van der Waals surface area contributed by atoms with Crippen LogP contribution in [0.3, 0.4) is 0 Å². The van der Waals surface area contributed by atoms with Gasteiger partial charge in [-0.1, -0.05) is 6.07 Å². The maximum atomic E-state index is 13.0. The molecule has 10 heteroatoms. The highest BCUT2D eigenvalue weighted by molar-refractivity contribution is 5.91. The summed E-state index contributed by atoms with van der Waals surface area (Å²) in [4.78, 5) is 11.6. The van der Waals surface area contributed by atoms with Crippen LogP contribution in [0.2, 0.25) is 0 Å². The molecule has 0 fully saturated rings. The molecule has 23 heavy (non-hydrogen) atoms. The summed E-state index contributed by atoms with van der Waals surface area (Å²) in [7, 11) is 0. The fraction of sp³-hybridized carbons (Fsp3) is 0.308. The minimum absolute atomic E-state index is 0.241. The Bertz CT molecular complexity index is 593. The molecular formula is C13H11F7N2O. The molecule has 1 aromatic carbocycles. The van der Waals surface area contributed by atoms with Gasteiger partial charge in [-0.3, -0.25) is 0 Å². The van der Waals surface area contributed by atoms with E-state index < -0.39 is 35.8 Å². The highest BCUT2D eigenvalue weighted by Crippen LogP contribution is 2.43. The second-order valence-corrected chi connectivity index (χ2v) is 4.55. The Kier molecular flexibility index (Phi) is 4.97. The third-order valence-electron chi connectivity index (χ3n) is 2.96. The number of benzene rings is 1. The van der Waals surface area contributed by atoms with E-state index in [2.05, 4.69) is 6.58 Å². The van der Waals surface area contributed by atoms with Crippen LogP contribution >= 0.6 is 0 Å². The minimum Gasteiger partial charge on any atom is -0.313 e. The lowest BCUT2D eigenvalue weighted by Gasteiger charge is -2.35. The predicted molar refractivity (Wildman–Crippen MR) is 68.3 cm³/mol. The topological polar surface area (TPSA) is 41.1 Å². The Morgan fingerprint density at radius 3 is 2.09 bits per heavy atom. The maximum absolute atomic E-state index is 13.0. The molecule has 0 aliphatic heterocycles. The molecule has 0 aliphatic rings. The van der Waals surface area contributed by atoms with Crippen LogP contribution in [-0.2, 0) is 0 Å². The number of hydrogen-bond donors (Lipinski definition) is 2. The zero-order valence-electron chi connectivity index (χ0n) is 11.6. The van der Waals surface area contributed by atoms with E-state index in [9.17, 15) is 35.5 Å². The monoisotopic (exact) mass is 344 g/mol. The number of carbonyl (C=O) groups excluding carboxylic acids is 1. The minimum atomic E-state index is -5.87. The van der Waals surface area contributed by atoms with E-state index in [-0.39, 0.29) is 11.3 Å². The van der Waals surface area contributed by atoms with Gasteiger partial charge in [0.25, 0.3) is 5.54 Å². The lowest BCUT2D eigenvalue weighted by Crippen LogP contribution is -2.66. The van der Waals surface area contributed by atoms with Crippen LogP contribution in [0.25, 0.3) is 0 Å². The van der Waals surface area contributed by atoms with Crippen molar-refractivity contribution in [3.05, 3.63) is 42.2 Å². The zero-order chi connectivity index (χ0) is 18.1. The molecule has 0 saturated heterocycles. The number of carbonyl (C=O) groups is 1. The number of anilines is 1. The van der Waals surface area contributed by atoms with E-state index >= 15 is 0 Å². The molecule has 3 nitrogen and oxygen atoms in total. The second kappa shape index (κ2) is 6.09. The predicted octanol–water partition coefficient (Wildman–Crippen LogP) is 4.31. The number of amides is 2. The first-order chi connectivity index (χ1) is 10.3. The fourth-order valence-corrected chi connectivity index (χ4v) is 1.65. The summed E-state index contributed by atoms with van der Waals surface area (Å²) >= 11 is 0. The Morgan fingerprint density at radius 2 is 1.65 bits per heavy atom. The molecule has 2 N–H and O–H groups in total. The number of rotatable bonds is 3. The molecule has 0 aliphatic carbocycles. The van der Waals surface area contributed by atoms with Crippen molar-refractivity contribution < 1.29 is 35.5 Å². The highest BCUT2D eigenvalue weighted by Gasteiger charge is 2.70. The van der Waals surface area contributed by atoms with Gasteiger partial charge in [0.05, 0.1) is 0 Å². The van der Waals surface area contributed by atoms with Gasteiger partial charge in [0.2, 0.25) is 0 Å². The van der Waals surface area contributed by atoms with Crippen molar-refractivity contribution in [3.63, 3.8) is 0 Å². The maximum Gasteiger partial charge on any atom is 0.424 e. The van der Waals surface area contributed by atoms with Crippen molar-refractivity contribution >= 4 is 11.7 Å². The Labute approximate surface area is 126 Å². The van der Waals surface area contributed by atoms with Crippen molar-refractivity contribution in [3.8, 4) is 0 Å². The van der Waals surface area contributed by atoms with Crippen LogP contribution in [-0.4, -0.2) is 23.9 Å². The van der Waals surface area contributed by atoms with Gasteiger partial charge >= 0.3 is 18.4 Å². The molecule has 0 unspecified atom stereocenters. The summed E-state index contributed by atoms with van der Waals surface area (Å²) < 4.78 is 90.0. The van der Waals surface area contributed by atoms with E-state index in [0.717, 1.165) is 17.4 Å². The molecule has 0 heterocycles. The van der Waals surface area contributed by atoms with E-state index in [1.165, 1.54) is 13.0 Å². The van der Waals surface area contributed by atoms with Crippen LogP contribution in [0.5, 0.6) is 0 Å². The van der Waals surface area contributed by atoms with Crippen LogP contribution < -0.4 is 10.6 Å². The summed E-state index contributed by atoms with van der Waals surface area (Å²) in [5.74, 6) is -0.826. The molecule has 2 amide bonds. The fourth-order valence-electron chi connectivity index (χ4n) is 1.65. The molecule has 128 valence electrons. The molecule has 0 atom stereocenters. The van der Waals surface area contributed by atoms with Crippen molar-refractivity contribution in [2.75, 3.05) is 5.32 Å². The molecule has 0 aromatic heterocycles. The SMILES string of the molecule is C=CC(NC(=O)Nc1cc(F)ccc1C)(C(F)(F)F)C(F)(F)F. The van der Waals surface area contributed by atoms with Crippen molar-refractivity contribution in [2.45, 2.75) is 24.8 Å². The van der Waals surface area contributed by atoms with Crippen LogP contribution in [0.1, 0.15) is 5.56 Å². The van der Waals surface area contributed by atoms with Gasteiger partial charge in [-0.25, -0.2) is 9.18 Å². The number of urea groups is 1. The van der Waals surface area contributed by atoms with Gasteiger partial charge in [0.15, 0.2) is 0 Å². The van der Waals surface area contributed by atoms with E-state index in [1.807, 2.05) is 0 Å². The van der Waals surface area contributed by atoms with Gasteiger partial charge in [0.1, 0.15) is 5.82 Å². The third-order valence-corrected chi connectivity index (χ3v) is 2.96. The summed E-state index contributed by atoms with van der Waals surface area (Å²) in [5.41, 5.74) is -4.67. The number of aryl methyl sites for hydroxylation is 1. The molecular weight excluding hydrogens is 333 g/mol. The van der Waals surface area contributed by atoms with Crippen LogP contribution in [0, 0.1) is 12.7 Å². The van der Waals surface area contributed by atoms with Crippen molar-refractivity contribution in [2.24, 2.45) is 0 Å². The zero-order valence-corrected chi connectivity index (χ0v) is 11.6. The summed E-state index contributed by atoms with van der Waals surface area (Å²) in [5, 5.41) is 2.56. The number of nitrogens with one attached hydrogen (secondary N) is 2. The number of alkyl halides is 6. The van der Waals surface area contributed by atoms with Crippen LogP contribution in [0.15, 0.2) is 30.9 Å². The molecule has 0 spiro atoms. The average Bonchev–Trinajstić information content (AvgIpc) is 2.37. The van der Waals surface area contributed by atoms with Gasteiger partial charge in [-0.05, 0) is 30.7 Å². The lowest BCUT2D eigenvalue weighted by atomic mass is 9.98. The molecule has 1 rings (SSSR count). The van der Waals surface area contributed by atoms with Crippen molar-refractivity contribution in [1.29, 1.82) is 0 Å². The number of hydrogen-bond acceptors (Lipinski definition) is 1.